The molecule has 1 aliphatic heterocycles. The van der Waals surface area contributed by atoms with Crippen molar-refractivity contribution >= 4 is 38.5 Å². The molecule has 1 atom stereocenters. The van der Waals surface area contributed by atoms with Crippen LogP contribution in [0.25, 0.3) is 0 Å². The molecule has 2 rings (SSSR count). The van der Waals surface area contributed by atoms with E-state index in [1.54, 1.807) is 0 Å². The minimum Gasteiger partial charge on any atom is -0.501 e. The topological polar surface area (TPSA) is 47.3 Å². The smallest absolute Gasteiger partial charge is 0.0876 e. The van der Waals surface area contributed by atoms with E-state index in [1.807, 2.05) is 12.3 Å². The minimum absolute atomic E-state index is 0.0275. The SMILES string of the molecule is NNC(C1=COCCC1)c1cc(Br)ccc1I. The van der Waals surface area contributed by atoms with E-state index in [4.69, 9.17) is 10.6 Å². The van der Waals surface area contributed by atoms with Crippen LogP contribution in [0.4, 0.5) is 0 Å². The summed E-state index contributed by atoms with van der Waals surface area (Å²) in [5.41, 5.74) is 5.27. The number of nitrogens with one attached hydrogen (secondary N) is 1. The van der Waals surface area contributed by atoms with Crippen LogP contribution < -0.4 is 11.3 Å². The predicted octanol–water partition coefficient (Wildman–Crippen LogP) is 3.25. The molecule has 0 aliphatic carbocycles. The van der Waals surface area contributed by atoms with E-state index < -0.39 is 0 Å². The van der Waals surface area contributed by atoms with Crippen molar-refractivity contribution in [2.24, 2.45) is 5.84 Å². The van der Waals surface area contributed by atoms with Gasteiger partial charge in [0.15, 0.2) is 0 Å². The van der Waals surface area contributed by atoms with E-state index in [0.29, 0.717) is 0 Å². The molecule has 1 aliphatic rings. The van der Waals surface area contributed by atoms with Gasteiger partial charge in [-0.1, -0.05) is 15.9 Å². The Balaban J connectivity index is 2.34. The first kappa shape index (κ1) is 13.3. The molecule has 0 radical (unpaired) electrons. The first-order chi connectivity index (χ1) is 8.22. The predicted molar refractivity (Wildman–Crippen MR) is 80.2 cm³/mol. The average Bonchev–Trinajstić information content (AvgIpc) is 2.36. The van der Waals surface area contributed by atoms with Gasteiger partial charge in [-0.3, -0.25) is 5.84 Å². The maximum Gasteiger partial charge on any atom is 0.0876 e. The van der Waals surface area contributed by atoms with Crippen molar-refractivity contribution in [2.75, 3.05) is 6.61 Å². The number of benzene rings is 1. The Morgan fingerprint density at radius 3 is 2.94 bits per heavy atom. The number of hydrazine groups is 1. The maximum absolute atomic E-state index is 5.69. The Labute approximate surface area is 123 Å². The summed E-state index contributed by atoms with van der Waals surface area (Å²) < 4.78 is 7.64. The van der Waals surface area contributed by atoms with Crippen molar-refractivity contribution in [2.45, 2.75) is 18.9 Å². The molecule has 0 amide bonds. The zero-order valence-electron chi connectivity index (χ0n) is 9.25. The van der Waals surface area contributed by atoms with E-state index in [1.165, 1.54) is 14.7 Å². The number of rotatable bonds is 3. The Kier molecular flexibility index (Phi) is 4.84. The molecule has 3 nitrogen and oxygen atoms in total. The van der Waals surface area contributed by atoms with Crippen LogP contribution in [-0.2, 0) is 4.74 Å². The van der Waals surface area contributed by atoms with Crippen LogP contribution >= 0.6 is 38.5 Å². The molecule has 1 heterocycles. The lowest BCUT2D eigenvalue weighted by atomic mass is 9.96. The molecule has 92 valence electrons. The fourth-order valence-corrected chi connectivity index (χ4v) is 2.95. The van der Waals surface area contributed by atoms with E-state index in [0.717, 1.165) is 23.9 Å². The Morgan fingerprint density at radius 2 is 2.29 bits per heavy atom. The largest absolute Gasteiger partial charge is 0.501 e. The molecule has 0 saturated carbocycles. The van der Waals surface area contributed by atoms with Crippen LogP contribution in [0.1, 0.15) is 24.4 Å². The van der Waals surface area contributed by atoms with Gasteiger partial charge in [0.25, 0.3) is 0 Å². The third-order valence-electron chi connectivity index (χ3n) is 2.77. The van der Waals surface area contributed by atoms with E-state index >= 15 is 0 Å². The first-order valence-corrected chi connectivity index (χ1v) is 7.31. The summed E-state index contributed by atoms with van der Waals surface area (Å²) >= 11 is 5.82. The van der Waals surface area contributed by atoms with Gasteiger partial charge in [0.1, 0.15) is 0 Å². The number of hydrogen-bond donors (Lipinski definition) is 2. The van der Waals surface area contributed by atoms with Crippen LogP contribution in [0.2, 0.25) is 0 Å². The van der Waals surface area contributed by atoms with E-state index in [2.05, 4.69) is 56.1 Å². The third-order valence-corrected chi connectivity index (χ3v) is 4.24. The standard InChI is InChI=1S/C12H14BrIN2O/c13-9-3-4-11(14)10(6-9)12(16-15)8-2-1-5-17-7-8/h3-4,6-7,12,16H,1-2,5,15H2. The quantitative estimate of drug-likeness (QED) is 0.458. The summed E-state index contributed by atoms with van der Waals surface area (Å²) in [6.45, 7) is 0.802. The van der Waals surface area contributed by atoms with E-state index in [-0.39, 0.29) is 6.04 Å². The van der Waals surface area contributed by atoms with Crippen LogP contribution in [0.3, 0.4) is 0 Å². The summed E-state index contributed by atoms with van der Waals surface area (Å²) in [4.78, 5) is 0. The van der Waals surface area contributed by atoms with Crippen molar-refractivity contribution in [3.05, 3.63) is 43.6 Å². The van der Waals surface area contributed by atoms with Crippen LogP contribution in [0, 0.1) is 3.57 Å². The second-order valence-corrected chi connectivity index (χ2v) is 6.01. The molecule has 1 unspecified atom stereocenters. The molecule has 3 N–H and O–H groups in total. The van der Waals surface area contributed by atoms with Gasteiger partial charge in [-0.15, -0.1) is 0 Å². The third kappa shape index (κ3) is 3.21. The monoisotopic (exact) mass is 408 g/mol. The number of nitrogens with two attached hydrogens (primary N) is 1. The van der Waals surface area contributed by atoms with Crippen LogP contribution in [0.5, 0.6) is 0 Å². The van der Waals surface area contributed by atoms with Crippen molar-refractivity contribution in [3.8, 4) is 0 Å². The fraction of sp³-hybridized carbons (Fsp3) is 0.333. The molecule has 0 spiro atoms. The van der Waals surface area contributed by atoms with Crippen LogP contribution in [-0.4, -0.2) is 6.61 Å². The Bertz CT molecular complexity index is 437. The Morgan fingerprint density at radius 1 is 1.47 bits per heavy atom. The van der Waals surface area contributed by atoms with Gasteiger partial charge in [-0.25, -0.2) is 5.43 Å². The molecular weight excluding hydrogens is 395 g/mol. The summed E-state index contributed by atoms with van der Waals surface area (Å²) in [6, 6.07) is 6.24. The second kappa shape index (κ2) is 6.17. The first-order valence-electron chi connectivity index (χ1n) is 5.44. The van der Waals surface area contributed by atoms with Crippen molar-refractivity contribution in [1.82, 2.24) is 5.43 Å². The molecule has 0 saturated heterocycles. The number of ether oxygens (including phenoxy) is 1. The van der Waals surface area contributed by atoms with Gasteiger partial charge < -0.3 is 4.74 Å². The normalized spacial score (nSPS) is 17.2. The molecule has 17 heavy (non-hydrogen) atoms. The number of halogens is 2. The van der Waals surface area contributed by atoms with Gasteiger partial charge in [0, 0.05) is 8.04 Å². The lowest BCUT2D eigenvalue weighted by molar-refractivity contribution is 0.219. The lowest BCUT2D eigenvalue weighted by Crippen LogP contribution is -2.31. The highest BCUT2D eigenvalue weighted by Crippen LogP contribution is 2.31. The molecule has 0 aromatic heterocycles. The van der Waals surface area contributed by atoms with Crippen LogP contribution in [0.15, 0.2) is 34.5 Å². The van der Waals surface area contributed by atoms with Crippen molar-refractivity contribution in [3.63, 3.8) is 0 Å². The molecule has 5 heteroatoms. The van der Waals surface area contributed by atoms with Gasteiger partial charge in [-0.2, -0.15) is 0 Å². The highest BCUT2D eigenvalue weighted by Gasteiger charge is 2.20. The second-order valence-electron chi connectivity index (χ2n) is 3.93. The summed E-state index contributed by atoms with van der Waals surface area (Å²) in [6.07, 6.45) is 3.91. The summed E-state index contributed by atoms with van der Waals surface area (Å²) in [5, 5.41) is 0. The van der Waals surface area contributed by atoms with Gasteiger partial charge in [0.2, 0.25) is 0 Å². The van der Waals surface area contributed by atoms with Gasteiger partial charge >= 0.3 is 0 Å². The maximum atomic E-state index is 5.69. The molecule has 0 bridgehead atoms. The van der Waals surface area contributed by atoms with Gasteiger partial charge in [-0.05, 0) is 64.8 Å². The molecular formula is C12H14BrIN2O. The zero-order chi connectivity index (χ0) is 12.3. The number of hydrogen-bond acceptors (Lipinski definition) is 3. The summed E-state index contributed by atoms with van der Waals surface area (Å²) in [7, 11) is 0. The minimum atomic E-state index is 0.0275. The fourth-order valence-electron chi connectivity index (χ4n) is 1.93. The highest BCUT2D eigenvalue weighted by molar-refractivity contribution is 14.1. The molecule has 1 aromatic carbocycles. The average molecular weight is 409 g/mol. The summed E-state index contributed by atoms with van der Waals surface area (Å²) in [5.74, 6) is 5.69. The molecule has 1 aromatic rings. The lowest BCUT2D eigenvalue weighted by Gasteiger charge is -2.24. The van der Waals surface area contributed by atoms with Crippen molar-refractivity contribution < 1.29 is 4.74 Å². The van der Waals surface area contributed by atoms with Gasteiger partial charge in [0.05, 0.1) is 18.9 Å². The Hall–Kier alpha value is -0.110. The van der Waals surface area contributed by atoms with Crippen molar-refractivity contribution in [1.29, 1.82) is 0 Å². The van der Waals surface area contributed by atoms with E-state index in [9.17, 15) is 0 Å². The highest BCUT2D eigenvalue weighted by atomic mass is 127. The zero-order valence-corrected chi connectivity index (χ0v) is 13.0. The molecule has 0 fully saturated rings.